The van der Waals surface area contributed by atoms with Crippen molar-refractivity contribution in [3.63, 3.8) is 0 Å². The zero-order valence-electron chi connectivity index (χ0n) is 17.6. The summed E-state index contributed by atoms with van der Waals surface area (Å²) >= 11 is 1.68. The van der Waals surface area contributed by atoms with Gasteiger partial charge in [-0.05, 0) is 74.6 Å². The van der Waals surface area contributed by atoms with Gasteiger partial charge in [-0.25, -0.2) is 9.78 Å². The summed E-state index contributed by atoms with van der Waals surface area (Å²) in [7, 11) is 0. The fourth-order valence-corrected chi connectivity index (χ4v) is 5.03. The average molecular weight is 435 g/mol. The van der Waals surface area contributed by atoms with Crippen LogP contribution in [-0.2, 0) is 4.79 Å². The third-order valence-electron chi connectivity index (χ3n) is 5.93. The van der Waals surface area contributed by atoms with E-state index in [-0.39, 0.29) is 17.9 Å². The maximum atomic E-state index is 12.8. The van der Waals surface area contributed by atoms with Crippen LogP contribution < -0.4 is 10.6 Å². The molecule has 1 aliphatic heterocycles. The maximum Gasteiger partial charge on any atom is 0.317 e. The number of hydrogen-bond donors (Lipinski definition) is 2. The highest BCUT2D eigenvalue weighted by Crippen LogP contribution is 2.31. The van der Waals surface area contributed by atoms with Crippen LogP contribution in [0, 0.1) is 12.8 Å². The number of likely N-dealkylation sites (tertiary alicyclic amines) is 1. The molecule has 31 heavy (non-hydrogen) atoms. The first-order chi connectivity index (χ1) is 15.0. The molecule has 0 spiro atoms. The molecule has 3 amide bonds. The van der Waals surface area contributed by atoms with Crippen molar-refractivity contribution in [1.82, 2.24) is 15.2 Å². The molecule has 2 aromatic carbocycles. The molecule has 2 N–H and O–H groups in total. The van der Waals surface area contributed by atoms with E-state index >= 15 is 0 Å². The highest BCUT2D eigenvalue weighted by Gasteiger charge is 2.31. The average Bonchev–Trinajstić information content (AvgIpc) is 3.50. The van der Waals surface area contributed by atoms with Crippen LogP contribution in [-0.4, -0.2) is 41.0 Å². The topological polar surface area (TPSA) is 74.3 Å². The highest BCUT2D eigenvalue weighted by atomic mass is 32.1. The molecule has 1 aromatic heterocycles. The summed E-state index contributed by atoms with van der Waals surface area (Å²) in [5.41, 5.74) is 4.05. The number of amides is 3. The number of hydrogen-bond acceptors (Lipinski definition) is 4. The zero-order chi connectivity index (χ0) is 21.4. The lowest BCUT2D eigenvalue weighted by molar-refractivity contribution is -0.121. The van der Waals surface area contributed by atoms with Crippen LogP contribution >= 0.6 is 11.3 Å². The van der Waals surface area contributed by atoms with Gasteiger partial charge in [0.25, 0.3) is 0 Å². The summed E-state index contributed by atoms with van der Waals surface area (Å²) < 4.78 is 1.18. The number of aromatic nitrogens is 1. The molecular weight excluding hydrogens is 408 g/mol. The second-order valence-electron chi connectivity index (χ2n) is 8.57. The number of thiazole rings is 1. The Bertz CT molecular complexity index is 1120. The first-order valence-electron chi connectivity index (χ1n) is 10.9. The van der Waals surface area contributed by atoms with Gasteiger partial charge in [-0.3, -0.25) is 4.79 Å². The predicted molar refractivity (Wildman–Crippen MR) is 124 cm³/mol. The van der Waals surface area contributed by atoms with Crippen molar-refractivity contribution in [1.29, 1.82) is 0 Å². The van der Waals surface area contributed by atoms with Gasteiger partial charge in [-0.2, -0.15) is 0 Å². The molecule has 7 heteroatoms. The second-order valence-corrected chi connectivity index (χ2v) is 9.60. The Morgan fingerprint density at radius 1 is 1.10 bits per heavy atom. The van der Waals surface area contributed by atoms with Crippen LogP contribution in [0.15, 0.2) is 42.5 Å². The Morgan fingerprint density at radius 3 is 2.68 bits per heavy atom. The van der Waals surface area contributed by atoms with Gasteiger partial charge < -0.3 is 15.5 Å². The number of carbonyl (C=O) groups excluding carboxylic acids is 2. The fraction of sp³-hybridized carbons (Fsp3) is 0.375. The largest absolute Gasteiger partial charge is 0.335 e. The van der Waals surface area contributed by atoms with E-state index in [1.807, 2.05) is 24.3 Å². The monoisotopic (exact) mass is 434 g/mol. The Kier molecular flexibility index (Phi) is 5.36. The van der Waals surface area contributed by atoms with E-state index in [0.29, 0.717) is 12.6 Å². The highest BCUT2D eigenvalue weighted by molar-refractivity contribution is 7.21. The van der Waals surface area contributed by atoms with Gasteiger partial charge in [0.2, 0.25) is 5.91 Å². The molecule has 0 bridgehead atoms. The lowest BCUT2D eigenvalue weighted by atomic mass is 9.97. The summed E-state index contributed by atoms with van der Waals surface area (Å²) in [4.78, 5) is 31.6. The van der Waals surface area contributed by atoms with Gasteiger partial charge in [0.15, 0.2) is 0 Å². The van der Waals surface area contributed by atoms with E-state index in [1.54, 1.807) is 16.2 Å². The molecular formula is C24H26N4O2S. The number of nitrogens with zero attached hydrogens (tertiary/aromatic N) is 2. The van der Waals surface area contributed by atoms with Crippen molar-refractivity contribution < 1.29 is 9.59 Å². The normalized spacial score (nSPS) is 18.7. The number of benzene rings is 2. The van der Waals surface area contributed by atoms with Crippen LogP contribution in [0.1, 0.15) is 31.2 Å². The molecule has 5 rings (SSSR count). The van der Waals surface area contributed by atoms with Crippen molar-refractivity contribution in [3.05, 3.63) is 48.0 Å². The minimum atomic E-state index is -0.175. The molecule has 2 heterocycles. The lowest BCUT2D eigenvalue weighted by Gasteiger charge is -2.32. The van der Waals surface area contributed by atoms with Crippen molar-refractivity contribution in [2.24, 2.45) is 5.92 Å². The second kappa shape index (κ2) is 8.30. The molecule has 1 unspecified atom stereocenters. The number of rotatable bonds is 4. The number of urea groups is 1. The molecule has 2 fully saturated rings. The number of piperidine rings is 1. The summed E-state index contributed by atoms with van der Waals surface area (Å²) in [6, 6.07) is 14.4. The Labute approximate surface area is 185 Å². The van der Waals surface area contributed by atoms with Gasteiger partial charge in [0, 0.05) is 30.4 Å². The van der Waals surface area contributed by atoms with Gasteiger partial charge in [0.05, 0.1) is 16.1 Å². The standard InChI is InChI=1S/C24H26N4O2S/c1-15-4-11-20-21(13-15)31-23(27-20)16-5-7-18(8-6-16)25-22(29)17-3-2-12-28(14-17)24(30)26-19-9-10-19/h4-8,11,13,17,19H,2-3,9-10,12,14H2,1H3,(H,25,29)(H,26,30). The number of anilines is 1. The maximum absolute atomic E-state index is 12.8. The van der Waals surface area contributed by atoms with Crippen LogP contribution in [0.5, 0.6) is 0 Å². The number of aryl methyl sites for hydroxylation is 1. The summed E-state index contributed by atoms with van der Waals surface area (Å²) in [6.07, 6.45) is 3.79. The molecule has 160 valence electrons. The van der Waals surface area contributed by atoms with E-state index in [2.05, 4.69) is 35.8 Å². The first kappa shape index (κ1) is 20.0. The van der Waals surface area contributed by atoms with E-state index in [1.165, 1.54) is 10.3 Å². The van der Waals surface area contributed by atoms with Crippen LogP contribution in [0.2, 0.25) is 0 Å². The van der Waals surface area contributed by atoms with Gasteiger partial charge in [-0.15, -0.1) is 11.3 Å². The summed E-state index contributed by atoms with van der Waals surface area (Å²) in [6.45, 7) is 3.29. The Morgan fingerprint density at radius 2 is 1.90 bits per heavy atom. The third kappa shape index (κ3) is 4.56. The van der Waals surface area contributed by atoms with Gasteiger partial charge in [0.1, 0.15) is 5.01 Å². The lowest BCUT2D eigenvalue weighted by Crippen LogP contribution is -2.48. The fourth-order valence-electron chi connectivity index (χ4n) is 3.96. The van der Waals surface area contributed by atoms with Crippen molar-refractivity contribution in [2.45, 2.75) is 38.6 Å². The minimum Gasteiger partial charge on any atom is -0.335 e. The zero-order valence-corrected chi connectivity index (χ0v) is 18.4. The van der Waals surface area contributed by atoms with E-state index in [4.69, 9.17) is 4.98 Å². The quantitative estimate of drug-likeness (QED) is 0.620. The predicted octanol–water partition coefficient (Wildman–Crippen LogP) is 4.79. The first-order valence-corrected chi connectivity index (χ1v) is 11.7. The van der Waals surface area contributed by atoms with Crippen molar-refractivity contribution >= 4 is 39.2 Å². The van der Waals surface area contributed by atoms with Crippen LogP contribution in [0.3, 0.4) is 0 Å². The minimum absolute atomic E-state index is 0.0212. The van der Waals surface area contributed by atoms with Crippen LogP contribution in [0.25, 0.3) is 20.8 Å². The molecule has 6 nitrogen and oxygen atoms in total. The Hall–Kier alpha value is -2.93. The molecule has 2 aliphatic rings. The molecule has 1 atom stereocenters. The van der Waals surface area contributed by atoms with Gasteiger partial charge >= 0.3 is 6.03 Å². The SMILES string of the molecule is Cc1ccc2nc(-c3ccc(NC(=O)C4CCCN(C(=O)NC5CC5)C4)cc3)sc2c1. The van der Waals surface area contributed by atoms with Gasteiger partial charge in [-0.1, -0.05) is 6.07 Å². The Balaban J connectivity index is 1.22. The number of carbonyl (C=O) groups is 2. The third-order valence-corrected chi connectivity index (χ3v) is 6.99. The molecule has 1 saturated heterocycles. The van der Waals surface area contributed by atoms with E-state index < -0.39 is 0 Å². The molecule has 3 aromatic rings. The van der Waals surface area contributed by atoms with E-state index in [9.17, 15) is 9.59 Å². The van der Waals surface area contributed by atoms with Crippen molar-refractivity contribution in [3.8, 4) is 10.6 Å². The number of fused-ring (bicyclic) bond motifs is 1. The molecule has 1 saturated carbocycles. The smallest absolute Gasteiger partial charge is 0.317 e. The summed E-state index contributed by atoms with van der Waals surface area (Å²) in [5, 5.41) is 7.02. The summed E-state index contributed by atoms with van der Waals surface area (Å²) in [5.74, 6) is -0.196. The molecule has 1 aliphatic carbocycles. The van der Waals surface area contributed by atoms with Crippen LogP contribution in [0.4, 0.5) is 10.5 Å². The molecule has 0 radical (unpaired) electrons. The number of nitrogens with one attached hydrogen (secondary N) is 2. The van der Waals surface area contributed by atoms with E-state index in [0.717, 1.165) is 54.0 Å². The van der Waals surface area contributed by atoms with Crippen molar-refractivity contribution in [2.75, 3.05) is 18.4 Å².